The number of aromatic nitrogens is 1. The number of rotatable bonds is 7. The number of hydrogen-bond acceptors (Lipinski definition) is 4. The third kappa shape index (κ3) is 5.19. The van der Waals surface area contributed by atoms with Gasteiger partial charge in [0.1, 0.15) is 11.0 Å². The van der Waals surface area contributed by atoms with E-state index in [2.05, 4.69) is 18.8 Å². The van der Waals surface area contributed by atoms with Gasteiger partial charge in [0.2, 0.25) is 5.88 Å². The van der Waals surface area contributed by atoms with Crippen LogP contribution in [0.4, 0.5) is 10.1 Å². The predicted octanol–water partition coefficient (Wildman–Crippen LogP) is 5.26. The van der Waals surface area contributed by atoms with Gasteiger partial charge in [-0.15, -0.1) is 0 Å². The lowest BCUT2D eigenvalue weighted by molar-refractivity contribution is 0.284. The Morgan fingerprint density at radius 3 is 2.62 bits per heavy atom. The van der Waals surface area contributed by atoms with Gasteiger partial charge in [0.25, 0.3) is 0 Å². The summed E-state index contributed by atoms with van der Waals surface area (Å²) in [6.07, 6.45) is 1.63. The van der Waals surface area contributed by atoms with Crippen LogP contribution in [0.5, 0.6) is 5.88 Å². The highest BCUT2D eigenvalue weighted by Crippen LogP contribution is 2.39. The minimum absolute atomic E-state index is 0.103. The van der Waals surface area contributed by atoms with Gasteiger partial charge in [-0.1, -0.05) is 25.4 Å². The van der Waals surface area contributed by atoms with E-state index in [0.29, 0.717) is 29.3 Å². The Labute approximate surface area is 160 Å². The normalized spacial score (nSPS) is 12.3. The average molecular weight is 397 g/mol. The van der Waals surface area contributed by atoms with E-state index < -0.39 is 8.32 Å². The lowest BCUT2D eigenvalue weighted by Gasteiger charge is -2.35. The molecule has 1 heterocycles. The van der Waals surface area contributed by atoms with Crippen LogP contribution in [0.2, 0.25) is 23.3 Å². The maximum absolute atomic E-state index is 14.1. The Hall–Kier alpha value is -1.63. The third-order valence-corrected chi connectivity index (χ3v) is 8.68. The topological polar surface area (TPSA) is 68.4 Å². The molecule has 0 bridgehead atoms. The second kappa shape index (κ2) is 7.94. The molecule has 0 saturated carbocycles. The molecule has 2 rings (SSSR count). The van der Waals surface area contributed by atoms with Gasteiger partial charge in [0, 0.05) is 17.3 Å². The van der Waals surface area contributed by atoms with E-state index in [0.717, 1.165) is 12.8 Å². The molecule has 1 aromatic carbocycles. The second-order valence-corrected chi connectivity index (χ2v) is 12.5. The molecule has 0 unspecified atom stereocenters. The summed E-state index contributed by atoms with van der Waals surface area (Å²) in [5.74, 6) is -0.0445. The largest absolute Gasteiger partial charge is 0.478 e. The lowest BCUT2D eigenvalue weighted by atomic mass is 10.1. The molecule has 0 atom stereocenters. The molecule has 4 nitrogen and oxygen atoms in total. The Kier molecular flexibility index (Phi) is 6.32. The maximum Gasteiger partial charge on any atom is 0.215 e. The van der Waals surface area contributed by atoms with Crippen molar-refractivity contribution in [1.82, 2.24) is 4.98 Å². The molecular formula is C19H26ClFN2O2Si. The second-order valence-electron chi connectivity index (χ2n) is 7.65. The van der Waals surface area contributed by atoms with E-state index in [1.165, 1.54) is 12.1 Å². The monoisotopic (exact) mass is 396 g/mol. The molecule has 0 radical (unpaired) electrons. The van der Waals surface area contributed by atoms with Crippen molar-refractivity contribution in [3.8, 4) is 17.0 Å². The number of ether oxygens (including phenoxy) is 1. The zero-order valence-corrected chi connectivity index (χ0v) is 17.4. The summed E-state index contributed by atoms with van der Waals surface area (Å²) in [5, 5.41) is 0.122. The number of halogens is 2. The van der Waals surface area contributed by atoms with Gasteiger partial charge in [0.05, 0.1) is 6.61 Å². The van der Waals surface area contributed by atoms with Crippen LogP contribution in [0.1, 0.15) is 26.7 Å². The summed E-state index contributed by atoms with van der Waals surface area (Å²) < 4.78 is 19.8. The van der Waals surface area contributed by atoms with Crippen molar-refractivity contribution in [1.29, 1.82) is 0 Å². The van der Waals surface area contributed by atoms with Crippen molar-refractivity contribution in [2.24, 2.45) is 0 Å². The number of pyridine rings is 1. The molecule has 0 aliphatic rings. The number of hydrogen-bond donors (Lipinski definition) is 2. The summed E-state index contributed by atoms with van der Waals surface area (Å²) in [6, 6.07) is 7.62. The molecule has 142 valence electrons. The van der Waals surface area contributed by atoms with Gasteiger partial charge in [-0.3, -0.25) is 0 Å². The van der Waals surface area contributed by atoms with E-state index in [4.69, 9.17) is 22.1 Å². The minimum atomic E-state index is -2.23. The quantitative estimate of drug-likeness (QED) is 0.290. The molecule has 0 fully saturated rings. The molecule has 7 heteroatoms. The number of anilines is 1. The van der Waals surface area contributed by atoms with Crippen molar-refractivity contribution in [3.63, 3.8) is 0 Å². The number of benzene rings is 1. The minimum Gasteiger partial charge on any atom is -0.478 e. The molecule has 2 aromatic rings. The summed E-state index contributed by atoms with van der Waals surface area (Å²) >= 11 is 6.06. The third-order valence-electron chi connectivity index (χ3n) is 4.92. The van der Waals surface area contributed by atoms with Gasteiger partial charge in [-0.05, 0) is 60.8 Å². The highest BCUT2D eigenvalue weighted by Gasteiger charge is 2.37. The van der Waals surface area contributed by atoms with Gasteiger partial charge < -0.3 is 15.3 Å². The zero-order valence-electron chi connectivity index (χ0n) is 15.6. The molecule has 0 aliphatic heterocycles. The van der Waals surface area contributed by atoms with E-state index in [-0.39, 0.29) is 16.0 Å². The van der Waals surface area contributed by atoms with Crippen molar-refractivity contribution < 1.29 is 13.9 Å². The smallest absolute Gasteiger partial charge is 0.215 e. The molecule has 0 saturated heterocycles. The first-order valence-corrected chi connectivity index (χ1v) is 11.9. The number of nitrogens with zero attached hydrogens (tertiary/aromatic N) is 1. The molecule has 0 amide bonds. The van der Waals surface area contributed by atoms with Crippen LogP contribution in [0, 0.1) is 5.82 Å². The van der Waals surface area contributed by atoms with E-state index >= 15 is 0 Å². The van der Waals surface area contributed by atoms with Gasteiger partial charge >= 0.3 is 0 Å². The van der Waals surface area contributed by atoms with Crippen LogP contribution in [-0.2, 0) is 0 Å². The van der Waals surface area contributed by atoms with Gasteiger partial charge in [0.15, 0.2) is 8.32 Å². The molecule has 0 aliphatic carbocycles. The van der Waals surface area contributed by atoms with Crippen molar-refractivity contribution in [2.75, 3.05) is 12.3 Å². The maximum atomic E-state index is 14.1. The predicted molar refractivity (Wildman–Crippen MR) is 108 cm³/mol. The summed E-state index contributed by atoms with van der Waals surface area (Å²) in [6.45, 7) is 8.49. The van der Waals surface area contributed by atoms with Crippen molar-refractivity contribution >= 4 is 25.6 Å². The zero-order chi connectivity index (χ0) is 19.5. The van der Waals surface area contributed by atoms with Crippen LogP contribution in [-0.4, -0.2) is 24.7 Å². The van der Waals surface area contributed by atoms with E-state index in [1.54, 1.807) is 18.2 Å². The fraction of sp³-hybridized carbons (Fsp3) is 0.421. The Morgan fingerprint density at radius 1 is 1.27 bits per heavy atom. The molecule has 0 spiro atoms. The fourth-order valence-electron chi connectivity index (χ4n) is 2.46. The number of nitrogen functional groups attached to an aromatic ring is 1. The van der Waals surface area contributed by atoms with Crippen molar-refractivity contribution in [3.05, 3.63) is 41.3 Å². The first kappa shape index (κ1) is 20.7. The highest BCUT2D eigenvalue weighted by molar-refractivity contribution is 6.72. The van der Waals surface area contributed by atoms with Gasteiger partial charge in [-0.2, -0.15) is 0 Å². The number of nitrogens with two attached hydrogens (primary N) is 1. The molecule has 1 aromatic heterocycles. The first-order chi connectivity index (χ1) is 12.0. The fourth-order valence-corrected chi connectivity index (χ4v) is 3.45. The molecular weight excluding hydrogens is 371 g/mol. The Bertz CT molecular complexity index is 779. The lowest BCUT2D eigenvalue weighted by Crippen LogP contribution is -2.39. The van der Waals surface area contributed by atoms with Crippen LogP contribution < -0.4 is 10.5 Å². The SMILES string of the molecule is CC(C)(CCCOc1cc(-c2cc(N)ccc2F)cc(Cl)n1)[Si](C)(C)O. The average Bonchev–Trinajstić information content (AvgIpc) is 2.52. The summed E-state index contributed by atoms with van der Waals surface area (Å²) in [5.41, 5.74) is 7.14. The van der Waals surface area contributed by atoms with Crippen LogP contribution in [0.15, 0.2) is 30.3 Å². The van der Waals surface area contributed by atoms with E-state index in [1.807, 2.05) is 13.1 Å². The van der Waals surface area contributed by atoms with Crippen LogP contribution in [0.3, 0.4) is 0 Å². The van der Waals surface area contributed by atoms with Crippen LogP contribution in [0.25, 0.3) is 11.1 Å². The highest BCUT2D eigenvalue weighted by atomic mass is 35.5. The Balaban J connectivity index is 2.08. The summed E-state index contributed by atoms with van der Waals surface area (Å²) in [7, 11) is -2.23. The van der Waals surface area contributed by atoms with Crippen LogP contribution >= 0.6 is 11.6 Å². The standard InChI is InChI=1S/C19H26ClFN2O2Si/c1-19(2,26(3,4)24)8-5-9-25-18-11-13(10-17(20)23-18)15-12-14(22)6-7-16(15)21/h6-7,10-12,24H,5,8-9,22H2,1-4H3. The first-order valence-electron chi connectivity index (χ1n) is 8.58. The Morgan fingerprint density at radius 2 is 1.96 bits per heavy atom. The molecule has 3 N–H and O–H groups in total. The van der Waals surface area contributed by atoms with E-state index in [9.17, 15) is 9.19 Å². The van der Waals surface area contributed by atoms with Gasteiger partial charge in [-0.25, -0.2) is 9.37 Å². The summed E-state index contributed by atoms with van der Waals surface area (Å²) in [4.78, 5) is 14.5. The molecule has 26 heavy (non-hydrogen) atoms. The van der Waals surface area contributed by atoms with Crippen molar-refractivity contribution in [2.45, 2.75) is 44.8 Å².